The Kier molecular flexibility index (Phi) is 6.03. The topological polar surface area (TPSA) is 35.9 Å². The maximum Gasteiger partial charge on any atom is 0.124 e. The van der Waals surface area contributed by atoms with Gasteiger partial charge in [0.1, 0.15) is 5.75 Å². The number of piperazine rings is 1. The first kappa shape index (κ1) is 16.3. The van der Waals surface area contributed by atoms with Gasteiger partial charge in [-0.3, -0.25) is 9.80 Å². The zero-order valence-electron chi connectivity index (χ0n) is 13.5. The molecule has 0 saturated carbocycles. The highest BCUT2D eigenvalue weighted by molar-refractivity contribution is 5.36. The SMILES string of the molecule is CCOc1ccccc1C(CO)N1CCN(CC)C(C)C1. The standard InChI is InChI=1S/C17H28N2O2/c1-4-18-10-11-19(12-14(18)3)16(13-20)15-8-6-7-9-17(15)21-5-2/h6-9,14,16,20H,4-5,10-13H2,1-3H3. The van der Waals surface area contributed by atoms with Crippen LogP contribution in [0.5, 0.6) is 5.75 Å². The number of nitrogens with zero attached hydrogens (tertiary/aromatic N) is 2. The highest BCUT2D eigenvalue weighted by Crippen LogP contribution is 2.30. The van der Waals surface area contributed by atoms with Gasteiger partial charge in [-0.2, -0.15) is 0 Å². The van der Waals surface area contributed by atoms with Crippen molar-refractivity contribution >= 4 is 0 Å². The lowest BCUT2D eigenvalue weighted by molar-refractivity contribution is 0.0357. The average molecular weight is 292 g/mol. The number of rotatable bonds is 6. The predicted molar refractivity (Wildman–Crippen MR) is 85.7 cm³/mol. The molecule has 118 valence electrons. The van der Waals surface area contributed by atoms with Crippen LogP contribution in [-0.2, 0) is 0 Å². The van der Waals surface area contributed by atoms with Crippen LogP contribution in [0.4, 0.5) is 0 Å². The third kappa shape index (κ3) is 3.76. The zero-order valence-corrected chi connectivity index (χ0v) is 13.5. The summed E-state index contributed by atoms with van der Waals surface area (Å²) in [7, 11) is 0. The normalized spacial score (nSPS) is 22.2. The molecule has 0 radical (unpaired) electrons. The van der Waals surface area contributed by atoms with E-state index >= 15 is 0 Å². The summed E-state index contributed by atoms with van der Waals surface area (Å²) >= 11 is 0. The van der Waals surface area contributed by atoms with E-state index in [1.165, 1.54) is 0 Å². The van der Waals surface area contributed by atoms with Crippen molar-refractivity contribution in [1.82, 2.24) is 9.80 Å². The van der Waals surface area contributed by atoms with Crippen LogP contribution in [-0.4, -0.2) is 60.3 Å². The molecular weight excluding hydrogens is 264 g/mol. The summed E-state index contributed by atoms with van der Waals surface area (Å²) in [5.41, 5.74) is 1.10. The number of likely N-dealkylation sites (N-methyl/N-ethyl adjacent to an activating group) is 1. The molecule has 1 aromatic carbocycles. The van der Waals surface area contributed by atoms with Crippen molar-refractivity contribution in [3.63, 3.8) is 0 Å². The lowest BCUT2D eigenvalue weighted by atomic mass is 10.0. The van der Waals surface area contributed by atoms with E-state index in [9.17, 15) is 5.11 Å². The Hall–Kier alpha value is -1.10. The summed E-state index contributed by atoms with van der Waals surface area (Å²) in [5.74, 6) is 0.893. The summed E-state index contributed by atoms with van der Waals surface area (Å²) in [6, 6.07) is 8.62. The molecular formula is C17H28N2O2. The molecule has 0 aliphatic carbocycles. The maximum absolute atomic E-state index is 9.92. The van der Waals surface area contributed by atoms with E-state index in [-0.39, 0.29) is 12.6 Å². The van der Waals surface area contributed by atoms with Crippen molar-refractivity contribution in [2.45, 2.75) is 32.9 Å². The van der Waals surface area contributed by atoms with Crippen LogP contribution in [0.25, 0.3) is 0 Å². The second-order valence-corrected chi connectivity index (χ2v) is 5.64. The van der Waals surface area contributed by atoms with Crippen molar-refractivity contribution in [1.29, 1.82) is 0 Å². The molecule has 1 heterocycles. The molecule has 2 rings (SSSR count). The molecule has 0 bridgehead atoms. The van der Waals surface area contributed by atoms with Crippen molar-refractivity contribution in [2.24, 2.45) is 0 Å². The second kappa shape index (κ2) is 7.78. The van der Waals surface area contributed by atoms with E-state index in [0.717, 1.165) is 37.5 Å². The van der Waals surface area contributed by atoms with Crippen LogP contribution in [0.3, 0.4) is 0 Å². The fourth-order valence-corrected chi connectivity index (χ4v) is 3.23. The number of hydrogen-bond acceptors (Lipinski definition) is 4. The molecule has 0 amide bonds. The summed E-state index contributed by atoms with van der Waals surface area (Å²) in [6.45, 7) is 11.4. The Morgan fingerprint density at radius 3 is 2.67 bits per heavy atom. The Morgan fingerprint density at radius 2 is 2.05 bits per heavy atom. The van der Waals surface area contributed by atoms with Crippen LogP contribution in [0.15, 0.2) is 24.3 Å². The molecule has 0 spiro atoms. The van der Waals surface area contributed by atoms with E-state index in [1.807, 2.05) is 25.1 Å². The highest BCUT2D eigenvalue weighted by Gasteiger charge is 2.29. The molecule has 1 N–H and O–H groups in total. The lowest BCUT2D eigenvalue weighted by Crippen LogP contribution is -2.53. The molecule has 1 aliphatic rings. The van der Waals surface area contributed by atoms with Crippen LogP contribution in [0, 0.1) is 0 Å². The third-order valence-electron chi connectivity index (χ3n) is 4.39. The maximum atomic E-state index is 9.92. The molecule has 2 unspecified atom stereocenters. The average Bonchev–Trinajstić information content (AvgIpc) is 2.50. The van der Waals surface area contributed by atoms with Crippen LogP contribution in [0.1, 0.15) is 32.4 Å². The van der Waals surface area contributed by atoms with Crippen LogP contribution >= 0.6 is 0 Å². The van der Waals surface area contributed by atoms with Gasteiger partial charge in [0.2, 0.25) is 0 Å². The Bertz CT molecular complexity index is 439. The van der Waals surface area contributed by atoms with Crippen molar-refractivity contribution in [3.05, 3.63) is 29.8 Å². The number of aliphatic hydroxyl groups is 1. The first-order valence-corrected chi connectivity index (χ1v) is 8.01. The highest BCUT2D eigenvalue weighted by atomic mass is 16.5. The minimum Gasteiger partial charge on any atom is -0.494 e. The van der Waals surface area contributed by atoms with Gasteiger partial charge < -0.3 is 9.84 Å². The third-order valence-corrected chi connectivity index (χ3v) is 4.39. The summed E-state index contributed by atoms with van der Waals surface area (Å²) in [5, 5.41) is 9.92. The van der Waals surface area contributed by atoms with Gasteiger partial charge in [0, 0.05) is 31.2 Å². The van der Waals surface area contributed by atoms with Gasteiger partial charge in [-0.05, 0) is 26.5 Å². The number of benzene rings is 1. The summed E-state index contributed by atoms with van der Waals surface area (Å²) in [4.78, 5) is 4.87. The smallest absolute Gasteiger partial charge is 0.124 e. The first-order chi connectivity index (χ1) is 10.2. The molecule has 1 aliphatic heterocycles. The van der Waals surface area contributed by atoms with E-state index < -0.39 is 0 Å². The molecule has 4 heteroatoms. The summed E-state index contributed by atoms with van der Waals surface area (Å²) in [6.07, 6.45) is 0. The quantitative estimate of drug-likeness (QED) is 0.871. The molecule has 1 aromatic rings. The zero-order chi connectivity index (χ0) is 15.2. The number of hydrogen-bond donors (Lipinski definition) is 1. The Morgan fingerprint density at radius 1 is 1.29 bits per heavy atom. The van der Waals surface area contributed by atoms with Gasteiger partial charge in [-0.25, -0.2) is 0 Å². The minimum absolute atomic E-state index is 0.0224. The summed E-state index contributed by atoms with van der Waals surface area (Å²) < 4.78 is 5.73. The molecule has 4 nitrogen and oxygen atoms in total. The van der Waals surface area contributed by atoms with Gasteiger partial charge in [0.25, 0.3) is 0 Å². The van der Waals surface area contributed by atoms with E-state index in [0.29, 0.717) is 12.6 Å². The number of aliphatic hydroxyl groups excluding tert-OH is 1. The number of para-hydroxylation sites is 1. The molecule has 1 fully saturated rings. The molecule has 0 aromatic heterocycles. The van der Waals surface area contributed by atoms with Gasteiger partial charge in [0.05, 0.1) is 19.3 Å². The Balaban J connectivity index is 2.17. The molecule has 21 heavy (non-hydrogen) atoms. The van der Waals surface area contributed by atoms with E-state index in [2.05, 4.69) is 29.7 Å². The van der Waals surface area contributed by atoms with E-state index in [1.54, 1.807) is 0 Å². The second-order valence-electron chi connectivity index (χ2n) is 5.64. The van der Waals surface area contributed by atoms with Gasteiger partial charge in [-0.15, -0.1) is 0 Å². The van der Waals surface area contributed by atoms with Crippen LogP contribution in [0.2, 0.25) is 0 Å². The van der Waals surface area contributed by atoms with Gasteiger partial charge in [0.15, 0.2) is 0 Å². The Labute approximate surface area is 128 Å². The van der Waals surface area contributed by atoms with Crippen molar-refractivity contribution in [3.8, 4) is 5.75 Å². The lowest BCUT2D eigenvalue weighted by Gasteiger charge is -2.42. The molecule has 1 saturated heterocycles. The van der Waals surface area contributed by atoms with Crippen LogP contribution < -0.4 is 4.74 Å². The van der Waals surface area contributed by atoms with Gasteiger partial charge in [-0.1, -0.05) is 25.1 Å². The number of ether oxygens (including phenoxy) is 1. The molecule has 2 atom stereocenters. The predicted octanol–water partition coefficient (Wildman–Crippen LogP) is 2.14. The minimum atomic E-state index is 0.0224. The van der Waals surface area contributed by atoms with E-state index in [4.69, 9.17) is 4.74 Å². The first-order valence-electron chi connectivity index (χ1n) is 8.01. The van der Waals surface area contributed by atoms with Gasteiger partial charge >= 0.3 is 0 Å². The fraction of sp³-hybridized carbons (Fsp3) is 0.647. The van der Waals surface area contributed by atoms with Crippen molar-refractivity contribution < 1.29 is 9.84 Å². The monoisotopic (exact) mass is 292 g/mol. The fourth-order valence-electron chi connectivity index (χ4n) is 3.23. The largest absolute Gasteiger partial charge is 0.494 e. The van der Waals surface area contributed by atoms with Crippen molar-refractivity contribution in [2.75, 3.05) is 39.4 Å².